The highest BCUT2D eigenvalue weighted by Gasteiger charge is 2.45. The molecule has 70 heavy (non-hydrogen) atoms. The summed E-state index contributed by atoms with van der Waals surface area (Å²) in [6.45, 7) is 3.86. The van der Waals surface area contributed by atoms with Crippen molar-refractivity contribution in [2.24, 2.45) is 5.92 Å². The van der Waals surface area contributed by atoms with Gasteiger partial charge in [0, 0.05) is 52.2 Å². The van der Waals surface area contributed by atoms with Crippen molar-refractivity contribution in [1.82, 2.24) is 34.0 Å². The summed E-state index contributed by atoms with van der Waals surface area (Å²) >= 11 is 0. The predicted octanol–water partition coefficient (Wildman–Crippen LogP) is 4.45. The third-order valence-electron chi connectivity index (χ3n) is 13.6. The van der Waals surface area contributed by atoms with E-state index in [0.717, 1.165) is 85.6 Å². The molecule has 5 aromatic rings. The first-order valence-electron chi connectivity index (χ1n) is 23.0. The van der Waals surface area contributed by atoms with Gasteiger partial charge in [-0.2, -0.15) is 18.0 Å². The molecule has 0 saturated carbocycles. The minimum absolute atomic E-state index is 0.00973. The first kappa shape index (κ1) is 46.4. The molecule has 5 aliphatic heterocycles. The molecule has 5 aliphatic rings. The normalized spacial score (nSPS) is 20.7. The number of likely N-dealkylation sites (tertiary alicyclic amines) is 1. The number of nitrogens with one attached hydrogen (secondary N) is 2. The Labute approximate surface area is 399 Å². The number of benzene rings is 3. The molecule has 22 heteroatoms. The second kappa shape index (κ2) is 18.9. The van der Waals surface area contributed by atoms with E-state index in [1.165, 1.54) is 29.1 Å². The van der Waals surface area contributed by atoms with Crippen LogP contribution in [0.25, 0.3) is 16.6 Å². The zero-order valence-corrected chi connectivity index (χ0v) is 38.4. The average Bonchev–Trinajstić information content (AvgIpc) is 3.91. The molecule has 4 fully saturated rings. The topological polar surface area (TPSA) is 229 Å². The lowest BCUT2D eigenvalue weighted by molar-refractivity contribution is -0.136. The van der Waals surface area contributed by atoms with Crippen LogP contribution >= 0.6 is 0 Å². The van der Waals surface area contributed by atoms with Gasteiger partial charge < -0.3 is 19.3 Å². The first-order chi connectivity index (χ1) is 33.7. The molecule has 2 N–H and O–H groups in total. The van der Waals surface area contributed by atoms with Gasteiger partial charge in [0.1, 0.15) is 53.6 Å². The van der Waals surface area contributed by atoms with Crippen LogP contribution in [0.2, 0.25) is 0 Å². The number of carbonyl (C=O) groups is 4. The number of carbonyl (C=O) groups excluding carboxylic acids is 4. The Morgan fingerprint density at radius 3 is 2.33 bits per heavy atom. The van der Waals surface area contributed by atoms with Crippen LogP contribution in [0.4, 0.5) is 20.3 Å². The lowest BCUT2D eigenvalue weighted by Gasteiger charge is -2.38. The van der Waals surface area contributed by atoms with Crippen LogP contribution in [0.1, 0.15) is 71.2 Å². The van der Waals surface area contributed by atoms with E-state index in [-0.39, 0.29) is 66.4 Å². The lowest BCUT2D eigenvalue weighted by atomic mass is 9.95. The van der Waals surface area contributed by atoms with Gasteiger partial charge in [-0.3, -0.25) is 43.5 Å². The minimum atomic E-state index is -4.25. The van der Waals surface area contributed by atoms with Crippen LogP contribution < -0.4 is 30.0 Å². The Bertz CT molecular complexity index is 3150. The molecule has 3 aromatic carbocycles. The largest absolute Gasteiger partial charge is 0.490 e. The highest BCUT2D eigenvalue weighted by atomic mass is 32.2. The summed E-state index contributed by atoms with van der Waals surface area (Å²) in [5, 5.41) is 12.3. The van der Waals surface area contributed by atoms with Crippen LogP contribution in [-0.4, -0.2) is 125 Å². The quantitative estimate of drug-likeness (QED) is 0.165. The molecule has 7 heterocycles. The molecule has 0 radical (unpaired) electrons. The molecule has 0 spiro atoms. The van der Waals surface area contributed by atoms with E-state index in [0.29, 0.717) is 22.9 Å². The smallest absolute Gasteiger partial charge is 0.301 e. The van der Waals surface area contributed by atoms with E-state index in [2.05, 4.69) is 29.8 Å². The van der Waals surface area contributed by atoms with Gasteiger partial charge in [-0.1, -0.05) is 0 Å². The number of fused-ring (bicyclic) bond motifs is 2. The van der Waals surface area contributed by atoms with Crippen molar-refractivity contribution in [2.45, 2.75) is 63.3 Å². The Hall–Kier alpha value is -7.35. The highest BCUT2D eigenvalue weighted by molar-refractivity contribution is 7.90. The zero-order valence-electron chi connectivity index (χ0n) is 37.6. The summed E-state index contributed by atoms with van der Waals surface area (Å²) in [4.78, 5) is 79.0. The maximum absolute atomic E-state index is 15.2. The average molecular weight is 977 g/mol. The maximum atomic E-state index is 15.2. The van der Waals surface area contributed by atoms with Crippen molar-refractivity contribution in [3.05, 3.63) is 106 Å². The summed E-state index contributed by atoms with van der Waals surface area (Å²) in [6.07, 6.45) is 5.29. The summed E-state index contributed by atoms with van der Waals surface area (Å²) in [7, 11) is -4.25. The van der Waals surface area contributed by atoms with Crippen LogP contribution in [0.3, 0.4) is 0 Å². The van der Waals surface area contributed by atoms with Gasteiger partial charge in [0.05, 0.1) is 39.6 Å². The van der Waals surface area contributed by atoms with Crippen LogP contribution in [0, 0.1) is 23.1 Å². The van der Waals surface area contributed by atoms with E-state index < -0.39 is 68.7 Å². The fourth-order valence-electron chi connectivity index (χ4n) is 9.77. The van der Waals surface area contributed by atoms with Gasteiger partial charge in [-0.15, -0.1) is 0 Å². The highest BCUT2D eigenvalue weighted by Crippen LogP contribution is 2.36. The number of ether oxygens (including phenoxy) is 2. The molecule has 362 valence electrons. The molecule has 2 atom stereocenters. The standard InChI is InChI=1S/C48H46F2N10O9S/c49-29-13-20-58(26-29)70(66,67)55-40-7-5-38(50)44(37(40)23-51)69-33-3-6-39-36(22-33)46(63)59(27-53-39)30-1-9-42(52-24-30)57-18-11-28(12-19-57)25-56-16-14-31(15-17-56)68-32-2-4-34-35(21-32)48(65)60(47(34)64)41-8-10-43(61)54-45(41)62/h1-7,9,21-22,24,27-29,31,41,55H,8,10-20,25-26H2,(H,54,61,62)/t29-,41?/m1/s1. The number of pyridine rings is 1. The van der Waals surface area contributed by atoms with Gasteiger partial charge in [0.2, 0.25) is 11.8 Å². The Morgan fingerprint density at radius 1 is 0.843 bits per heavy atom. The molecular weight excluding hydrogens is 931 g/mol. The zero-order chi connectivity index (χ0) is 48.8. The van der Waals surface area contributed by atoms with Gasteiger partial charge in [-0.25, -0.2) is 18.7 Å². The van der Waals surface area contributed by atoms with Gasteiger partial charge >= 0.3 is 10.2 Å². The number of imide groups is 2. The number of nitriles is 1. The Kier molecular flexibility index (Phi) is 12.5. The molecule has 1 unspecified atom stereocenters. The number of anilines is 2. The van der Waals surface area contributed by atoms with Gasteiger partial charge in [0.25, 0.3) is 17.4 Å². The van der Waals surface area contributed by atoms with Gasteiger partial charge in [0.15, 0.2) is 11.6 Å². The molecule has 19 nitrogen and oxygen atoms in total. The van der Waals surface area contributed by atoms with Crippen molar-refractivity contribution in [1.29, 1.82) is 5.26 Å². The van der Waals surface area contributed by atoms with Crippen LogP contribution in [-0.2, 0) is 19.8 Å². The molecule has 0 aliphatic carbocycles. The third-order valence-corrected chi connectivity index (χ3v) is 15.0. The fraction of sp³-hybridized carbons (Fsp3) is 0.375. The van der Waals surface area contributed by atoms with E-state index in [4.69, 9.17) is 9.47 Å². The SMILES string of the molecule is N#Cc1c(NS(=O)(=O)N2CC[C@@H](F)C2)ccc(F)c1Oc1ccc2ncn(-c3ccc(N4CCC(CN5CCC(Oc6ccc7c(c6)C(=O)N(C6CCC(=O)NC6=O)C7=O)CC5)CC4)nc3)c(=O)c2c1. The molecule has 0 bridgehead atoms. The number of rotatable bonds is 12. The molecular formula is C48H46F2N10O9S. The number of amides is 4. The summed E-state index contributed by atoms with van der Waals surface area (Å²) < 4.78 is 71.3. The van der Waals surface area contributed by atoms with E-state index in [1.54, 1.807) is 36.5 Å². The van der Waals surface area contributed by atoms with Crippen LogP contribution in [0.5, 0.6) is 17.2 Å². The van der Waals surface area contributed by atoms with Crippen molar-refractivity contribution in [3.63, 3.8) is 0 Å². The van der Waals surface area contributed by atoms with E-state index in [9.17, 15) is 42.0 Å². The van der Waals surface area contributed by atoms with E-state index in [1.807, 2.05) is 6.07 Å². The molecule has 4 amide bonds. The van der Waals surface area contributed by atoms with Crippen LogP contribution in [0.15, 0.2) is 78.0 Å². The number of hydrogen-bond donors (Lipinski definition) is 2. The van der Waals surface area contributed by atoms with Crippen molar-refractivity contribution >= 4 is 56.2 Å². The second-order valence-electron chi connectivity index (χ2n) is 18.0. The summed E-state index contributed by atoms with van der Waals surface area (Å²) in [5.74, 6) is -1.99. The number of hydrogen-bond acceptors (Lipinski definition) is 14. The molecule has 2 aromatic heterocycles. The second-order valence-corrected chi connectivity index (χ2v) is 19.7. The number of piperidine rings is 3. The third kappa shape index (κ3) is 9.14. The first-order valence-corrected chi connectivity index (χ1v) is 24.5. The predicted molar refractivity (Wildman–Crippen MR) is 248 cm³/mol. The monoisotopic (exact) mass is 976 g/mol. The van der Waals surface area contributed by atoms with Crippen molar-refractivity contribution < 1.29 is 45.9 Å². The van der Waals surface area contributed by atoms with Crippen molar-refractivity contribution in [2.75, 3.05) is 55.4 Å². The number of aromatic nitrogens is 3. The number of halogens is 2. The Balaban J connectivity index is 0.721. The minimum Gasteiger partial charge on any atom is -0.490 e. The van der Waals surface area contributed by atoms with Crippen molar-refractivity contribution in [3.8, 4) is 29.0 Å². The van der Waals surface area contributed by atoms with Gasteiger partial charge in [-0.05, 0) is 105 Å². The fourth-order valence-corrected chi connectivity index (χ4v) is 11.1. The maximum Gasteiger partial charge on any atom is 0.301 e. The Morgan fingerprint density at radius 2 is 1.61 bits per heavy atom. The van der Waals surface area contributed by atoms with E-state index >= 15 is 4.39 Å². The number of alkyl halides is 1. The lowest BCUT2D eigenvalue weighted by Crippen LogP contribution is -2.54. The number of nitrogens with zero attached hydrogens (tertiary/aromatic N) is 8. The molecule has 10 rings (SSSR count). The summed E-state index contributed by atoms with van der Waals surface area (Å²) in [5.41, 5.74) is 0.0278. The molecule has 4 saturated heterocycles. The summed E-state index contributed by atoms with van der Waals surface area (Å²) in [6, 6.07) is 15.5.